The van der Waals surface area contributed by atoms with Crippen molar-refractivity contribution in [2.45, 2.75) is 58.4 Å². The lowest BCUT2D eigenvalue weighted by molar-refractivity contribution is -0.131. The summed E-state index contributed by atoms with van der Waals surface area (Å²) in [5.41, 5.74) is 4.88. The number of carbonyl (C=O) groups is 1. The van der Waals surface area contributed by atoms with Gasteiger partial charge in [0.25, 0.3) is 0 Å². The monoisotopic (exact) mass is 446 g/mol. The van der Waals surface area contributed by atoms with Gasteiger partial charge in [-0.25, -0.2) is 14.6 Å². The first-order valence-corrected chi connectivity index (χ1v) is 11.8. The van der Waals surface area contributed by atoms with E-state index in [1.165, 1.54) is 11.1 Å². The first kappa shape index (κ1) is 21.6. The lowest BCUT2D eigenvalue weighted by Gasteiger charge is -2.32. The molecule has 5 rings (SSSR count). The number of aromatic nitrogens is 4. The van der Waals surface area contributed by atoms with Gasteiger partial charge in [-0.15, -0.1) is 0 Å². The molecule has 1 saturated heterocycles. The maximum absolute atomic E-state index is 13.1. The molecule has 0 radical (unpaired) electrons. The standard InChI is InChI=1S/C25H30N6O2/c1-17-20-10-6-13-30(15-12-19-8-4-3-5-9-19)25(20)27-24(26-17)22-11-7-14-31(22)23(32)16-21-18(2)28-33-29-21/h3-5,8-9,22H,6-7,10-16H2,1-2H3. The number of carbonyl (C=O) groups excluding carboxylic acids is 1. The molecule has 2 aromatic heterocycles. The number of amides is 1. The van der Waals surface area contributed by atoms with Crippen molar-refractivity contribution >= 4 is 11.7 Å². The van der Waals surface area contributed by atoms with Gasteiger partial charge in [0, 0.05) is 30.9 Å². The van der Waals surface area contributed by atoms with Crippen molar-refractivity contribution in [1.29, 1.82) is 0 Å². The zero-order valence-corrected chi connectivity index (χ0v) is 19.3. The van der Waals surface area contributed by atoms with E-state index >= 15 is 0 Å². The van der Waals surface area contributed by atoms with E-state index in [2.05, 4.69) is 52.5 Å². The van der Waals surface area contributed by atoms with Crippen LogP contribution in [0, 0.1) is 13.8 Å². The van der Waals surface area contributed by atoms with Gasteiger partial charge >= 0.3 is 0 Å². The van der Waals surface area contributed by atoms with E-state index in [1.807, 2.05) is 4.90 Å². The van der Waals surface area contributed by atoms with Crippen LogP contribution in [0.5, 0.6) is 0 Å². The Balaban J connectivity index is 1.38. The number of nitrogens with zero attached hydrogens (tertiary/aromatic N) is 6. The molecule has 3 aromatic rings. The largest absolute Gasteiger partial charge is 0.356 e. The highest BCUT2D eigenvalue weighted by molar-refractivity contribution is 5.79. The van der Waals surface area contributed by atoms with Crippen LogP contribution >= 0.6 is 0 Å². The van der Waals surface area contributed by atoms with Crippen LogP contribution < -0.4 is 4.90 Å². The van der Waals surface area contributed by atoms with E-state index in [1.54, 1.807) is 6.92 Å². The second kappa shape index (κ2) is 9.29. The number of likely N-dealkylation sites (tertiary alicyclic amines) is 1. The van der Waals surface area contributed by atoms with Crippen molar-refractivity contribution in [3.63, 3.8) is 0 Å². The second-order valence-electron chi connectivity index (χ2n) is 9.01. The molecule has 0 saturated carbocycles. The minimum Gasteiger partial charge on any atom is -0.356 e. The predicted molar refractivity (Wildman–Crippen MR) is 124 cm³/mol. The fourth-order valence-corrected chi connectivity index (χ4v) is 4.97. The van der Waals surface area contributed by atoms with E-state index in [0.29, 0.717) is 17.9 Å². The van der Waals surface area contributed by atoms with Crippen LogP contribution in [-0.2, 0) is 24.1 Å². The average Bonchev–Trinajstić information content (AvgIpc) is 3.48. The maximum atomic E-state index is 13.1. The molecule has 0 N–H and O–H groups in total. The van der Waals surface area contributed by atoms with Gasteiger partial charge in [0.2, 0.25) is 5.91 Å². The van der Waals surface area contributed by atoms with E-state index in [0.717, 1.165) is 62.5 Å². The molecule has 172 valence electrons. The smallest absolute Gasteiger partial charge is 0.229 e. The maximum Gasteiger partial charge on any atom is 0.229 e. The highest BCUT2D eigenvalue weighted by Gasteiger charge is 2.34. The van der Waals surface area contributed by atoms with E-state index in [4.69, 9.17) is 14.6 Å². The fourth-order valence-electron chi connectivity index (χ4n) is 4.97. The molecule has 4 heterocycles. The third kappa shape index (κ3) is 4.47. The Bertz CT molecular complexity index is 1130. The molecule has 1 aromatic carbocycles. The Hall–Kier alpha value is -3.29. The van der Waals surface area contributed by atoms with Gasteiger partial charge in [-0.05, 0) is 51.5 Å². The Labute approximate surface area is 194 Å². The summed E-state index contributed by atoms with van der Waals surface area (Å²) >= 11 is 0. The van der Waals surface area contributed by atoms with Gasteiger partial charge in [0.15, 0.2) is 5.82 Å². The Morgan fingerprint density at radius 1 is 1.06 bits per heavy atom. The number of aryl methyl sites for hydroxylation is 2. The van der Waals surface area contributed by atoms with Crippen molar-refractivity contribution in [2.75, 3.05) is 24.5 Å². The second-order valence-corrected chi connectivity index (χ2v) is 9.01. The number of hydrogen-bond acceptors (Lipinski definition) is 7. The van der Waals surface area contributed by atoms with Gasteiger partial charge in [0.1, 0.15) is 17.2 Å². The average molecular weight is 447 g/mol. The quantitative estimate of drug-likeness (QED) is 0.573. The molecule has 0 spiro atoms. The Kier molecular flexibility index (Phi) is 6.07. The summed E-state index contributed by atoms with van der Waals surface area (Å²) in [4.78, 5) is 27.4. The zero-order valence-electron chi connectivity index (χ0n) is 19.3. The van der Waals surface area contributed by atoms with Crippen LogP contribution in [-0.4, -0.2) is 50.7 Å². The van der Waals surface area contributed by atoms with Crippen LogP contribution in [0.4, 0.5) is 5.82 Å². The van der Waals surface area contributed by atoms with Gasteiger partial charge in [0.05, 0.1) is 12.5 Å². The number of anilines is 1. The molecule has 2 aliphatic heterocycles. The van der Waals surface area contributed by atoms with Crippen LogP contribution in [0.2, 0.25) is 0 Å². The van der Waals surface area contributed by atoms with Crippen LogP contribution in [0.3, 0.4) is 0 Å². The molecule has 1 unspecified atom stereocenters. The van der Waals surface area contributed by atoms with E-state index in [9.17, 15) is 4.79 Å². The highest BCUT2D eigenvalue weighted by atomic mass is 16.6. The number of rotatable bonds is 6. The molecule has 8 heteroatoms. The summed E-state index contributed by atoms with van der Waals surface area (Å²) in [7, 11) is 0. The topological polar surface area (TPSA) is 88.2 Å². The predicted octanol–water partition coefficient (Wildman–Crippen LogP) is 3.38. The number of benzene rings is 1. The fraction of sp³-hybridized carbons (Fsp3) is 0.480. The zero-order chi connectivity index (χ0) is 22.8. The van der Waals surface area contributed by atoms with Crippen molar-refractivity contribution in [2.24, 2.45) is 0 Å². The van der Waals surface area contributed by atoms with E-state index in [-0.39, 0.29) is 18.4 Å². The molecule has 33 heavy (non-hydrogen) atoms. The Morgan fingerprint density at radius 3 is 2.70 bits per heavy atom. The van der Waals surface area contributed by atoms with Crippen LogP contribution in [0.15, 0.2) is 35.0 Å². The molecular formula is C25H30N6O2. The molecular weight excluding hydrogens is 416 g/mol. The Morgan fingerprint density at radius 2 is 1.91 bits per heavy atom. The van der Waals surface area contributed by atoms with Crippen LogP contribution in [0.1, 0.15) is 59.3 Å². The first-order chi connectivity index (χ1) is 16.1. The van der Waals surface area contributed by atoms with Gasteiger partial charge in [-0.3, -0.25) is 4.79 Å². The lowest BCUT2D eigenvalue weighted by Crippen LogP contribution is -2.36. The van der Waals surface area contributed by atoms with Crippen LogP contribution in [0.25, 0.3) is 0 Å². The lowest BCUT2D eigenvalue weighted by atomic mass is 10.0. The summed E-state index contributed by atoms with van der Waals surface area (Å²) in [5.74, 6) is 1.84. The number of fused-ring (bicyclic) bond motifs is 1. The molecule has 2 aliphatic rings. The molecule has 8 nitrogen and oxygen atoms in total. The van der Waals surface area contributed by atoms with Gasteiger partial charge < -0.3 is 9.80 Å². The van der Waals surface area contributed by atoms with Crippen molar-refractivity contribution in [3.8, 4) is 0 Å². The minimum absolute atomic E-state index is 0.0243. The summed E-state index contributed by atoms with van der Waals surface area (Å²) in [5, 5.41) is 7.67. The van der Waals surface area contributed by atoms with Crippen molar-refractivity contribution in [3.05, 3.63) is 64.4 Å². The third-order valence-corrected chi connectivity index (χ3v) is 6.81. The summed E-state index contributed by atoms with van der Waals surface area (Å²) in [6.45, 7) is 6.53. The summed E-state index contributed by atoms with van der Waals surface area (Å²) in [6, 6.07) is 10.5. The molecule has 0 bridgehead atoms. The summed E-state index contributed by atoms with van der Waals surface area (Å²) < 4.78 is 4.76. The normalized spacial score (nSPS) is 17.9. The van der Waals surface area contributed by atoms with Gasteiger partial charge in [-0.1, -0.05) is 40.6 Å². The third-order valence-electron chi connectivity index (χ3n) is 6.81. The summed E-state index contributed by atoms with van der Waals surface area (Å²) in [6.07, 6.45) is 5.13. The highest BCUT2D eigenvalue weighted by Crippen LogP contribution is 2.34. The molecule has 0 aliphatic carbocycles. The molecule has 1 fully saturated rings. The van der Waals surface area contributed by atoms with Crippen molar-refractivity contribution in [1.82, 2.24) is 25.2 Å². The first-order valence-electron chi connectivity index (χ1n) is 11.8. The minimum atomic E-state index is -0.0976. The molecule has 1 atom stereocenters. The SMILES string of the molecule is Cc1nonc1CC(=O)N1CCCC1c1nc(C)c2c(n1)N(CCc1ccccc1)CCC2. The molecule has 1 amide bonds. The van der Waals surface area contributed by atoms with Gasteiger partial charge in [-0.2, -0.15) is 0 Å². The van der Waals surface area contributed by atoms with E-state index < -0.39 is 0 Å². The number of hydrogen-bond donors (Lipinski definition) is 0. The van der Waals surface area contributed by atoms with Crippen molar-refractivity contribution < 1.29 is 9.42 Å².